The van der Waals surface area contributed by atoms with Gasteiger partial charge in [0, 0.05) is 5.69 Å². The molecular formula is C13H9N3O2. The third-order valence-electron chi connectivity index (χ3n) is 2.28. The first kappa shape index (κ1) is 11.6. The standard InChI is InChI=1S/C13H9N3O2/c14-7-11-4-5-12(8-15-11)16-10-3-1-2-9(6-10)13(17)18/h1-6,8,16H,(H,17,18). The number of rotatable bonds is 3. The fourth-order valence-electron chi connectivity index (χ4n) is 1.43. The summed E-state index contributed by atoms with van der Waals surface area (Å²) in [6.07, 6.45) is 1.52. The van der Waals surface area contributed by atoms with E-state index in [-0.39, 0.29) is 5.56 Å². The molecule has 5 heteroatoms. The molecule has 0 bridgehead atoms. The van der Waals surface area contributed by atoms with Crippen molar-refractivity contribution in [3.05, 3.63) is 53.9 Å². The van der Waals surface area contributed by atoms with E-state index in [0.717, 1.165) is 0 Å². The third kappa shape index (κ3) is 2.62. The van der Waals surface area contributed by atoms with Crippen molar-refractivity contribution in [2.24, 2.45) is 0 Å². The number of carboxylic acid groups (broad SMARTS) is 1. The summed E-state index contributed by atoms with van der Waals surface area (Å²) in [5, 5.41) is 20.5. The van der Waals surface area contributed by atoms with Crippen LogP contribution in [0.2, 0.25) is 0 Å². The van der Waals surface area contributed by atoms with Crippen LogP contribution in [0.5, 0.6) is 0 Å². The van der Waals surface area contributed by atoms with Crippen LogP contribution in [0.15, 0.2) is 42.6 Å². The Bertz CT molecular complexity index is 615. The summed E-state index contributed by atoms with van der Waals surface area (Å²) >= 11 is 0. The van der Waals surface area contributed by atoms with Crippen LogP contribution in [-0.2, 0) is 0 Å². The summed E-state index contributed by atoms with van der Waals surface area (Å²) < 4.78 is 0. The van der Waals surface area contributed by atoms with Crippen molar-refractivity contribution in [2.45, 2.75) is 0 Å². The molecular weight excluding hydrogens is 230 g/mol. The number of nitrogens with one attached hydrogen (secondary N) is 1. The second kappa shape index (κ2) is 4.97. The van der Waals surface area contributed by atoms with Gasteiger partial charge in [0.25, 0.3) is 0 Å². The number of nitrogens with zero attached hydrogens (tertiary/aromatic N) is 2. The molecule has 0 aliphatic heterocycles. The molecule has 88 valence electrons. The number of aromatic nitrogens is 1. The molecule has 2 aromatic rings. The minimum atomic E-state index is -0.975. The number of carbonyl (C=O) groups is 1. The van der Waals surface area contributed by atoms with Gasteiger partial charge < -0.3 is 10.4 Å². The average molecular weight is 239 g/mol. The highest BCUT2D eigenvalue weighted by atomic mass is 16.4. The van der Waals surface area contributed by atoms with Crippen LogP contribution in [0, 0.1) is 11.3 Å². The number of carboxylic acids is 1. The first-order valence-electron chi connectivity index (χ1n) is 5.15. The van der Waals surface area contributed by atoms with Gasteiger partial charge in [-0.25, -0.2) is 9.78 Å². The maximum absolute atomic E-state index is 10.8. The van der Waals surface area contributed by atoms with Crippen LogP contribution in [0.25, 0.3) is 0 Å². The molecule has 18 heavy (non-hydrogen) atoms. The van der Waals surface area contributed by atoms with Gasteiger partial charge in [0.05, 0.1) is 17.4 Å². The molecule has 0 spiro atoms. The minimum Gasteiger partial charge on any atom is -0.478 e. The number of pyridine rings is 1. The molecule has 1 aromatic carbocycles. The summed E-state index contributed by atoms with van der Waals surface area (Å²) in [5.41, 5.74) is 1.89. The maximum atomic E-state index is 10.8. The van der Waals surface area contributed by atoms with Gasteiger partial charge >= 0.3 is 5.97 Å². The SMILES string of the molecule is N#Cc1ccc(Nc2cccc(C(=O)O)c2)cn1. The number of hydrogen-bond donors (Lipinski definition) is 2. The zero-order valence-corrected chi connectivity index (χ0v) is 9.29. The van der Waals surface area contributed by atoms with Crippen molar-refractivity contribution in [3.8, 4) is 6.07 Å². The number of anilines is 2. The summed E-state index contributed by atoms with van der Waals surface area (Å²) in [6.45, 7) is 0. The van der Waals surface area contributed by atoms with Gasteiger partial charge in [0.2, 0.25) is 0 Å². The lowest BCUT2D eigenvalue weighted by Crippen LogP contribution is -1.98. The first-order valence-corrected chi connectivity index (χ1v) is 5.15. The Labute approximate surface area is 103 Å². The van der Waals surface area contributed by atoms with Crippen LogP contribution in [0.1, 0.15) is 16.1 Å². The van der Waals surface area contributed by atoms with E-state index in [1.165, 1.54) is 18.3 Å². The number of aromatic carboxylic acids is 1. The molecule has 0 saturated carbocycles. The van der Waals surface area contributed by atoms with Gasteiger partial charge in [-0.2, -0.15) is 5.26 Å². The van der Waals surface area contributed by atoms with Crippen molar-refractivity contribution in [1.82, 2.24) is 4.98 Å². The fraction of sp³-hybridized carbons (Fsp3) is 0. The zero-order valence-electron chi connectivity index (χ0n) is 9.29. The lowest BCUT2D eigenvalue weighted by Gasteiger charge is -2.06. The number of benzene rings is 1. The summed E-state index contributed by atoms with van der Waals surface area (Å²) in [7, 11) is 0. The Morgan fingerprint density at radius 1 is 1.28 bits per heavy atom. The van der Waals surface area contributed by atoms with Crippen LogP contribution in [-0.4, -0.2) is 16.1 Å². The molecule has 0 saturated heterocycles. The van der Waals surface area contributed by atoms with E-state index in [1.807, 2.05) is 6.07 Å². The first-order chi connectivity index (χ1) is 8.69. The molecule has 2 rings (SSSR count). The van der Waals surface area contributed by atoms with Gasteiger partial charge in [0.15, 0.2) is 0 Å². The average Bonchev–Trinajstić information content (AvgIpc) is 2.40. The van der Waals surface area contributed by atoms with Crippen molar-refractivity contribution in [3.63, 3.8) is 0 Å². The molecule has 0 aliphatic carbocycles. The molecule has 0 amide bonds. The lowest BCUT2D eigenvalue weighted by molar-refractivity contribution is 0.0697. The number of hydrogen-bond acceptors (Lipinski definition) is 4. The van der Waals surface area contributed by atoms with E-state index in [9.17, 15) is 4.79 Å². The van der Waals surface area contributed by atoms with Gasteiger partial charge in [0.1, 0.15) is 11.8 Å². The van der Waals surface area contributed by atoms with E-state index in [2.05, 4.69) is 10.3 Å². The summed E-state index contributed by atoms with van der Waals surface area (Å²) in [6, 6.07) is 11.7. The molecule has 2 N–H and O–H groups in total. The predicted octanol–water partition coefficient (Wildman–Crippen LogP) is 2.40. The molecule has 0 fully saturated rings. The summed E-state index contributed by atoms with van der Waals surface area (Å²) in [5.74, 6) is -0.975. The fourth-order valence-corrected chi connectivity index (χ4v) is 1.43. The Morgan fingerprint density at radius 2 is 2.11 bits per heavy atom. The van der Waals surface area contributed by atoms with E-state index in [4.69, 9.17) is 10.4 Å². The quantitative estimate of drug-likeness (QED) is 0.858. The Balaban J connectivity index is 2.20. The van der Waals surface area contributed by atoms with Gasteiger partial charge in [-0.05, 0) is 30.3 Å². The van der Waals surface area contributed by atoms with E-state index >= 15 is 0 Å². The lowest BCUT2D eigenvalue weighted by atomic mass is 10.2. The highest BCUT2D eigenvalue weighted by Crippen LogP contribution is 2.17. The van der Waals surface area contributed by atoms with Crippen molar-refractivity contribution >= 4 is 17.3 Å². The van der Waals surface area contributed by atoms with Crippen LogP contribution in [0.4, 0.5) is 11.4 Å². The Morgan fingerprint density at radius 3 is 2.72 bits per heavy atom. The van der Waals surface area contributed by atoms with E-state index in [1.54, 1.807) is 24.3 Å². The Hall–Kier alpha value is -2.87. The highest BCUT2D eigenvalue weighted by molar-refractivity contribution is 5.89. The van der Waals surface area contributed by atoms with Crippen molar-refractivity contribution < 1.29 is 9.90 Å². The summed E-state index contributed by atoms with van der Waals surface area (Å²) in [4.78, 5) is 14.7. The highest BCUT2D eigenvalue weighted by Gasteiger charge is 2.03. The van der Waals surface area contributed by atoms with Crippen LogP contribution in [0.3, 0.4) is 0 Å². The second-order valence-corrected chi connectivity index (χ2v) is 3.55. The predicted molar refractivity (Wildman–Crippen MR) is 65.6 cm³/mol. The van der Waals surface area contributed by atoms with Crippen LogP contribution >= 0.6 is 0 Å². The van der Waals surface area contributed by atoms with E-state index in [0.29, 0.717) is 17.1 Å². The molecule has 0 aliphatic rings. The van der Waals surface area contributed by atoms with Crippen molar-refractivity contribution in [2.75, 3.05) is 5.32 Å². The normalized spacial score (nSPS) is 9.50. The molecule has 5 nitrogen and oxygen atoms in total. The Kier molecular flexibility index (Phi) is 3.21. The topological polar surface area (TPSA) is 86.0 Å². The largest absolute Gasteiger partial charge is 0.478 e. The van der Waals surface area contributed by atoms with Crippen molar-refractivity contribution in [1.29, 1.82) is 5.26 Å². The zero-order chi connectivity index (χ0) is 13.0. The maximum Gasteiger partial charge on any atom is 0.335 e. The molecule has 1 aromatic heterocycles. The van der Waals surface area contributed by atoms with Gasteiger partial charge in [-0.1, -0.05) is 6.07 Å². The molecule has 1 heterocycles. The monoisotopic (exact) mass is 239 g/mol. The third-order valence-corrected chi connectivity index (χ3v) is 2.28. The second-order valence-electron chi connectivity index (χ2n) is 3.55. The molecule has 0 radical (unpaired) electrons. The molecule has 0 unspecified atom stereocenters. The molecule has 0 atom stereocenters. The number of nitriles is 1. The van der Waals surface area contributed by atoms with Crippen LogP contribution < -0.4 is 5.32 Å². The van der Waals surface area contributed by atoms with E-state index < -0.39 is 5.97 Å². The smallest absolute Gasteiger partial charge is 0.335 e. The van der Waals surface area contributed by atoms with Gasteiger partial charge in [-0.15, -0.1) is 0 Å². The van der Waals surface area contributed by atoms with Gasteiger partial charge in [-0.3, -0.25) is 0 Å². The minimum absolute atomic E-state index is 0.210.